The Morgan fingerprint density at radius 3 is 1.13 bits per heavy atom. The van der Waals surface area contributed by atoms with Crippen LogP contribution in [0.5, 0.6) is 0 Å². The molecule has 0 aromatic heterocycles. The Hall–Kier alpha value is -0.740. The standard InChI is InChI=1S/C24H28Cl4N2/c1-29(13-11-25)21(15-27)23-17-7-3-5-9-19(17)24(20-10-6-4-8-18(20)23)22(16-28)30(2)14-12-26/h3-10,21-22H,11-16H2,1-2H3. The molecule has 0 spiro atoms. The normalized spacial score (nSPS) is 14.1. The highest BCUT2D eigenvalue weighted by molar-refractivity contribution is 6.20. The smallest absolute Gasteiger partial charge is 0.0493 e. The first-order valence-electron chi connectivity index (χ1n) is 10.2. The van der Waals surface area contributed by atoms with Crippen LogP contribution in [0.3, 0.4) is 0 Å². The average Bonchev–Trinajstić information content (AvgIpc) is 2.76. The van der Waals surface area contributed by atoms with Crippen molar-refractivity contribution in [2.24, 2.45) is 0 Å². The topological polar surface area (TPSA) is 6.48 Å². The molecule has 0 N–H and O–H groups in total. The van der Waals surface area contributed by atoms with Crippen LogP contribution in [0.15, 0.2) is 48.5 Å². The van der Waals surface area contributed by atoms with Crippen molar-refractivity contribution in [3.8, 4) is 0 Å². The summed E-state index contributed by atoms with van der Waals surface area (Å²) < 4.78 is 0. The molecule has 0 aliphatic heterocycles. The lowest BCUT2D eigenvalue weighted by Gasteiger charge is -2.32. The molecular weight excluding hydrogens is 458 g/mol. The number of nitrogens with zero attached hydrogens (tertiary/aromatic N) is 2. The molecule has 2 unspecified atom stereocenters. The maximum absolute atomic E-state index is 6.53. The Morgan fingerprint density at radius 1 is 0.600 bits per heavy atom. The molecule has 6 heteroatoms. The summed E-state index contributed by atoms with van der Waals surface area (Å²) in [6.07, 6.45) is 0. The van der Waals surface area contributed by atoms with Gasteiger partial charge in [0, 0.05) is 48.7 Å². The predicted octanol–water partition coefficient (Wildman–Crippen LogP) is 6.89. The fourth-order valence-corrected chi connectivity index (χ4v) is 5.64. The highest BCUT2D eigenvalue weighted by Gasteiger charge is 2.26. The molecule has 162 valence electrons. The Balaban J connectivity index is 2.38. The van der Waals surface area contributed by atoms with E-state index in [1.165, 1.54) is 32.7 Å². The zero-order valence-electron chi connectivity index (χ0n) is 17.4. The van der Waals surface area contributed by atoms with Crippen molar-refractivity contribution >= 4 is 67.9 Å². The van der Waals surface area contributed by atoms with E-state index in [9.17, 15) is 0 Å². The van der Waals surface area contributed by atoms with E-state index in [4.69, 9.17) is 46.4 Å². The second-order valence-corrected chi connectivity index (χ2v) is 8.97. The molecule has 0 bridgehead atoms. The number of hydrogen-bond donors (Lipinski definition) is 0. The molecule has 3 rings (SSSR count). The molecule has 2 nitrogen and oxygen atoms in total. The first kappa shape index (κ1) is 23.9. The molecule has 0 amide bonds. The number of hydrogen-bond acceptors (Lipinski definition) is 2. The van der Waals surface area contributed by atoms with Crippen molar-refractivity contribution in [3.63, 3.8) is 0 Å². The maximum Gasteiger partial charge on any atom is 0.0493 e. The average molecular weight is 486 g/mol. The zero-order chi connectivity index (χ0) is 21.7. The van der Waals surface area contributed by atoms with Crippen LogP contribution >= 0.6 is 46.4 Å². The van der Waals surface area contributed by atoms with Crippen LogP contribution in [0.25, 0.3) is 21.5 Å². The third-order valence-corrected chi connectivity index (χ3v) is 6.83. The van der Waals surface area contributed by atoms with Gasteiger partial charge in [-0.15, -0.1) is 46.4 Å². The van der Waals surface area contributed by atoms with Gasteiger partial charge in [-0.3, -0.25) is 9.80 Å². The van der Waals surface area contributed by atoms with Crippen LogP contribution < -0.4 is 0 Å². The summed E-state index contributed by atoms with van der Waals surface area (Å²) in [4.78, 5) is 4.49. The molecule has 3 aromatic carbocycles. The number of benzene rings is 3. The molecule has 0 aliphatic carbocycles. The molecule has 3 aromatic rings. The minimum atomic E-state index is 0.0595. The van der Waals surface area contributed by atoms with Gasteiger partial charge >= 0.3 is 0 Å². The second kappa shape index (κ2) is 11.2. The molecule has 0 aliphatic rings. The molecule has 0 heterocycles. The van der Waals surface area contributed by atoms with Gasteiger partial charge in [0.25, 0.3) is 0 Å². The lowest BCUT2D eigenvalue weighted by molar-refractivity contribution is 0.281. The summed E-state index contributed by atoms with van der Waals surface area (Å²) in [5.41, 5.74) is 2.50. The summed E-state index contributed by atoms with van der Waals surface area (Å²) in [6.45, 7) is 1.54. The van der Waals surface area contributed by atoms with Crippen molar-refractivity contribution in [2.75, 3.05) is 50.7 Å². The summed E-state index contributed by atoms with van der Waals surface area (Å²) in [5.74, 6) is 2.11. The molecule has 0 fully saturated rings. The SMILES string of the molecule is CN(CCCl)C(CCl)c1c2ccccc2c(C(CCl)N(C)CCCl)c2ccccc12. The monoisotopic (exact) mass is 484 g/mol. The molecular formula is C24H28Cl4N2. The summed E-state index contributed by atoms with van der Waals surface area (Å²) in [6, 6.07) is 17.3. The molecule has 30 heavy (non-hydrogen) atoms. The molecule has 0 saturated carbocycles. The van der Waals surface area contributed by atoms with Crippen molar-refractivity contribution in [3.05, 3.63) is 59.7 Å². The molecule has 2 atom stereocenters. The van der Waals surface area contributed by atoms with Gasteiger partial charge in [-0.05, 0) is 46.8 Å². The van der Waals surface area contributed by atoms with Gasteiger partial charge in [0.05, 0.1) is 0 Å². The highest BCUT2D eigenvalue weighted by atomic mass is 35.5. The Kier molecular flexibility index (Phi) is 8.94. The van der Waals surface area contributed by atoms with Gasteiger partial charge in [-0.25, -0.2) is 0 Å². The van der Waals surface area contributed by atoms with E-state index in [0.29, 0.717) is 23.5 Å². The van der Waals surface area contributed by atoms with Crippen molar-refractivity contribution in [1.29, 1.82) is 0 Å². The van der Waals surface area contributed by atoms with Crippen LogP contribution in [0.1, 0.15) is 23.2 Å². The van der Waals surface area contributed by atoms with E-state index >= 15 is 0 Å². The fraction of sp³-hybridized carbons (Fsp3) is 0.417. The number of rotatable bonds is 10. The highest BCUT2D eigenvalue weighted by Crippen LogP contribution is 2.42. The van der Waals surface area contributed by atoms with Gasteiger partial charge in [0.15, 0.2) is 0 Å². The van der Waals surface area contributed by atoms with Gasteiger partial charge < -0.3 is 0 Å². The largest absolute Gasteiger partial charge is 0.297 e. The molecule has 0 saturated heterocycles. The van der Waals surface area contributed by atoms with Gasteiger partial charge in [0.2, 0.25) is 0 Å². The summed E-state index contributed by atoms with van der Waals surface area (Å²) in [7, 11) is 4.17. The van der Waals surface area contributed by atoms with E-state index in [-0.39, 0.29) is 12.1 Å². The lowest BCUT2D eigenvalue weighted by Crippen LogP contribution is -2.29. The van der Waals surface area contributed by atoms with Crippen LogP contribution in [0, 0.1) is 0 Å². The van der Waals surface area contributed by atoms with Crippen LogP contribution in [0.4, 0.5) is 0 Å². The van der Waals surface area contributed by atoms with Crippen molar-refractivity contribution in [2.45, 2.75) is 12.1 Å². The minimum Gasteiger partial charge on any atom is -0.297 e. The third-order valence-electron chi connectivity index (χ3n) is 5.91. The number of fused-ring (bicyclic) bond motifs is 2. The number of alkyl halides is 4. The zero-order valence-corrected chi connectivity index (χ0v) is 20.4. The van der Waals surface area contributed by atoms with Gasteiger partial charge in [-0.2, -0.15) is 0 Å². The second-order valence-electron chi connectivity index (χ2n) is 7.60. The van der Waals surface area contributed by atoms with E-state index in [2.05, 4.69) is 72.4 Å². The Bertz CT molecular complexity index is 843. The van der Waals surface area contributed by atoms with Gasteiger partial charge in [0.1, 0.15) is 0 Å². The van der Waals surface area contributed by atoms with Gasteiger partial charge in [-0.1, -0.05) is 48.5 Å². The van der Waals surface area contributed by atoms with Crippen LogP contribution in [0.2, 0.25) is 0 Å². The lowest BCUT2D eigenvalue weighted by atomic mass is 9.86. The predicted molar refractivity (Wildman–Crippen MR) is 135 cm³/mol. The summed E-state index contributed by atoms with van der Waals surface area (Å²) in [5, 5.41) is 4.86. The Labute approximate surface area is 199 Å². The fourth-order valence-electron chi connectivity index (χ4n) is 4.32. The third kappa shape index (κ3) is 4.70. The number of halogens is 4. The molecule has 0 radical (unpaired) electrons. The maximum atomic E-state index is 6.53. The van der Waals surface area contributed by atoms with E-state index in [1.807, 2.05) is 0 Å². The van der Waals surface area contributed by atoms with Crippen LogP contribution in [-0.2, 0) is 0 Å². The van der Waals surface area contributed by atoms with E-state index < -0.39 is 0 Å². The van der Waals surface area contributed by atoms with Crippen LogP contribution in [-0.4, -0.2) is 60.5 Å². The minimum absolute atomic E-state index is 0.0595. The van der Waals surface area contributed by atoms with E-state index in [0.717, 1.165) is 13.1 Å². The van der Waals surface area contributed by atoms with E-state index in [1.54, 1.807) is 0 Å². The Morgan fingerprint density at radius 2 is 0.900 bits per heavy atom. The summed E-state index contributed by atoms with van der Waals surface area (Å²) >= 11 is 25.2. The first-order valence-corrected chi connectivity index (χ1v) is 12.3. The quantitative estimate of drug-likeness (QED) is 0.227. The van der Waals surface area contributed by atoms with Crippen molar-refractivity contribution in [1.82, 2.24) is 9.80 Å². The van der Waals surface area contributed by atoms with Crippen molar-refractivity contribution < 1.29 is 0 Å². The first-order chi connectivity index (χ1) is 14.6.